The van der Waals surface area contributed by atoms with Crippen molar-refractivity contribution in [1.82, 2.24) is 4.90 Å². The lowest BCUT2D eigenvalue weighted by molar-refractivity contribution is -0.131. The molecule has 0 bridgehead atoms. The molecule has 1 amide bonds. The zero-order valence-electron chi connectivity index (χ0n) is 14.7. The molecule has 3 rings (SSSR count). The summed E-state index contributed by atoms with van der Waals surface area (Å²) < 4.78 is 5.94. The van der Waals surface area contributed by atoms with Crippen LogP contribution in [-0.4, -0.2) is 23.1 Å². The van der Waals surface area contributed by atoms with Crippen molar-refractivity contribution >= 4 is 17.7 Å². The third-order valence-corrected chi connectivity index (χ3v) is 5.59. The van der Waals surface area contributed by atoms with Gasteiger partial charge in [0.15, 0.2) is 0 Å². The van der Waals surface area contributed by atoms with Gasteiger partial charge in [0.2, 0.25) is 5.91 Å². The molecule has 2 aromatic carbocycles. The first-order chi connectivity index (χ1) is 12.3. The molecule has 25 heavy (non-hydrogen) atoms. The highest BCUT2D eigenvalue weighted by Gasteiger charge is 2.30. The third-order valence-electron chi connectivity index (χ3n) is 4.33. The van der Waals surface area contributed by atoms with Crippen LogP contribution in [0, 0.1) is 0 Å². The minimum atomic E-state index is 0.105. The van der Waals surface area contributed by atoms with Crippen molar-refractivity contribution in [2.24, 2.45) is 0 Å². The first-order valence-electron chi connectivity index (χ1n) is 9.02. The van der Waals surface area contributed by atoms with E-state index >= 15 is 0 Å². The number of carbonyl (C=O) groups excluding carboxylic acids is 1. The molecule has 3 nitrogen and oxygen atoms in total. The highest BCUT2D eigenvalue weighted by atomic mass is 32.2. The monoisotopic (exact) mass is 355 g/mol. The highest BCUT2D eigenvalue weighted by Crippen LogP contribution is 2.39. The fourth-order valence-electron chi connectivity index (χ4n) is 3.03. The lowest BCUT2D eigenvalue weighted by Crippen LogP contribution is -2.30. The van der Waals surface area contributed by atoms with Crippen molar-refractivity contribution < 1.29 is 9.53 Å². The van der Waals surface area contributed by atoms with Crippen LogP contribution in [0.25, 0.3) is 0 Å². The van der Waals surface area contributed by atoms with E-state index in [0.717, 1.165) is 48.6 Å². The molecule has 1 fully saturated rings. The summed E-state index contributed by atoms with van der Waals surface area (Å²) in [6.07, 6.45) is 3.91. The van der Waals surface area contributed by atoms with E-state index in [2.05, 4.69) is 19.1 Å². The van der Waals surface area contributed by atoms with Crippen LogP contribution >= 0.6 is 11.8 Å². The number of thioether (sulfide) groups is 1. The molecule has 0 aromatic heterocycles. The Hall–Kier alpha value is -1.94. The van der Waals surface area contributed by atoms with Gasteiger partial charge in [-0.05, 0) is 36.2 Å². The summed E-state index contributed by atoms with van der Waals surface area (Å²) in [6.45, 7) is 3.00. The molecule has 1 unspecified atom stereocenters. The maximum absolute atomic E-state index is 12.6. The topological polar surface area (TPSA) is 29.5 Å². The number of unbranched alkanes of at least 4 members (excludes halogenated alkanes) is 2. The molecule has 0 radical (unpaired) electrons. The van der Waals surface area contributed by atoms with Gasteiger partial charge in [-0.3, -0.25) is 4.79 Å². The summed E-state index contributed by atoms with van der Waals surface area (Å²) >= 11 is 1.84. The summed E-state index contributed by atoms with van der Waals surface area (Å²) in [5, 5.41) is 0.105. The van der Waals surface area contributed by atoms with Crippen LogP contribution in [0.1, 0.15) is 43.5 Å². The SMILES string of the molecule is CCCCCC(=O)N1CCSC1c1cccc(Oc2ccccc2)c1. The Balaban J connectivity index is 1.70. The van der Waals surface area contributed by atoms with E-state index in [1.54, 1.807) is 0 Å². The quantitative estimate of drug-likeness (QED) is 0.603. The Morgan fingerprint density at radius 1 is 1.12 bits per heavy atom. The third kappa shape index (κ3) is 4.79. The average molecular weight is 356 g/mol. The molecule has 1 saturated heterocycles. The van der Waals surface area contributed by atoms with Crippen LogP contribution < -0.4 is 4.74 Å². The fourth-order valence-corrected chi connectivity index (χ4v) is 4.30. The average Bonchev–Trinajstić information content (AvgIpc) is 3.13. The fraction of sp³-hybridized carbons (Fsp3) is 0.381. The van der Waals surface area contributed by atoms with Gasteiger partial charge in [0.05, 0.1) is 0 Å². The van der Waals surface area contributed by atoms with Gasteiger partial charge in [-0.15, -0.1) is 11.8 Å². The van der Waals surface area contributed by atoms with Crippen LogP contribution in [0.15, 0.2) is 54.6 Å². The number of para-hydroxylation sites is 1. The number of nitrogens with zero attached hydrogens (tertiary/aromatic N) is 1. The molecule has 1 aliphatic heterocycles. The number of hydrogen-bond acceptors (Lipinski definition) is 3. The summed E-state index contributed by atoms with van der Waals surface area (Å²) in [5.41, 5.74) is 1.14. The Kier molecular flexibility index (Phi) is 6.40. The van der Waals surface area contributed by atoms with Crippen LogP contribution in [0.2, 0.25) is 0 Å². The summed E-state index contributed by atoms with van der Waals surface area (Å²) in [4.78, 5) is 14.6. The van der Waals surface area contributed by atoms with Crippen molar-refractivity contribution in [3.63, 3.8) is 0 Å². The van der Waals surface area contributed by atoms with E-state index in [4.69, 9.17) is 4.74 Å². The smallest absolute Gasteiger partial charge is 0.223 e. The molecule has 0 saturated carbocycles. The Bertz CT molecular complexity index is 689. The van der Waals surface area contributed by atoms with Gasteiger partial charge >= 0.3 is 0 Å². The van der Waals surface area contributed by atoms with Gasteiger partial charge in [-0.1, -0.05) is 50.1 Å². The van der Waals surface area contributed by atoms with E-state index in [9.17, 15) is 4.79 Å². The first-order valence-corrected chi connectivity index (χ1v) is 10.1. The predicted molar refractivity (Wildman–Crippen MR) is 104 cm³/mol. The minimum absolute atomic E-state index is 0.105. The van der Waals surface area contributed by atoms with Gasteiger partial charge in [-0.25, -0.2) is 0 Å². The molecular weight excluding hydrogens is 330 g/mol. The summed E-state index contributed by atoms with van der Waals surface area (Å²) in [7, 11) is 0. The van der Waals surface area contributed by atoms with Crippen LogP contribution in [0.5, 0.6) is 11.5 Å². The summed E-state index contributed by atoms with van der Waals surface area (Å²) in [5.74, 6) is 2.91. The predicted octanol–water partition coefficient (Wildman–Crippen LogP) is 5.63. The lowest BCUT2D eigenvalue weighted by atomic mass is 10.1. The molecule has 0 aliphatic carbocycles. The zero-order chi connectivity index (χ0) is 17.5. The minimum Gasteiger partial charge on any atom is -0.457 e. The molecular formula is C21H25NO2S. The molecule has 1 aliphatic rings. The van der Waals surface area contributed by atoms with Gasteiger partial charge < -0.3 is 9.64 Å². The van der Waals surface area contributed by atoms with Crippen LogP contribution in [0.3, 0.4) is 0 Å². The highest BCUT2D eigenvalue weighted by molar-refractivity contribution is 7.99. The molecule has 1 atom stereocenters. The molecule has 4 heteroatoms. The van der Waals surface area contributed by atoms with Crippen molar-refractivity contribution in [3.8, 4) is 11.5 Å². The maximum Gasteiger partial charge on any atom is 0.223 e. The Morgan fingerprint density at radius 3 is 2.72 bits per heavy atom. The maximum atomic E-state index is 12.6. The van der Waals surface area contributed by atoms with Gasteiger partial charge in [0, 0.05) is 18.7 Å². The molecule has 0 N–H and O–H groups in total. The number of ether oxygens (including phenoxy) is 1. The van der Waals surface area contributed by atoms with Crippen molar-refractivity contribution in [3.05, 3.63) is 60.2 Å². The van der Waals surface area contributed by atoms with Crippen molar-refractivity contribution in [1.29, 1.82) is 0 Å². The number of hydrogen-bond donors (Lipinski definition) is 0. The van der Waals surface area contributed by atoms with E-state index in [0.29, 0.717) is 6.42 Å². The summed E-state index contributed by atoms with van der Waals surface area (Å²) in [6, 6.07) is 17.9. The lowest BCUT2D eigenvalue weighted by Gasteiger charge is -2.24. The Labute approximate surface area is 154 Å². The largest absolute Gasteiger partial charge is 0.457 e. The molecule has 132 valence electrons. The molecule has 2 aromatic rings. The first kappa shape index (κ1) is 17.9. The van der Waals surface area contributed by atoms with Crippen LogP contribution in [-0.2, 0) is 4.79 Å². The second-order valence-corrected chi connectivity index (χ2v) is 7.44. The Morgan fingerprint density at radius 2 is 1.92 bits per heavy atom. The second-order valence-electron chi connectivity index (χ2n) is 6.25. The number of amides is 1. The molecule has 0 spiro atoms. The van der Waals surface area contributed by atoms with Crippen molar-refractivity contribution in [2.45, 2.75) is 38.0 Å². The second kappa shape index (κ2) is 8.95. The van der Waals surface area contributed by atoms with Crippen molar-refractivity contribution in [2.75, 3.05) is 12.3 Å². The number of rotatable bonds is 7. The van der Waals surface area contributed by atoms with E-state index in [1.165, 1.54) is 0 Å². The van der Waals surface area contributed by atoms with Gasteiger partial charge in [0.1, 0.15) is 16.9 Å². The van der Waals surface area contributed by atoms with E-state index in [1.807, 2.05) is 59.1 Å². The van der Waals surface area contributed by atoms with Crippen LogP contribution in [0.4, 0.5) is 0 Å². The number of carbonyl (C=O) groups is 1. The van der Waals surface area contributed by atoms with Gasteiger partial charge in [-0.2, -0.15) is 0 Å². The van der Waals surface area contributed by atoms with E-state index < -0.39 is 0 Å². The zero-order valence-corrected chi connectivity index (χ0v) is 15.5. The van der Waals surface area contributed by atoms with E-state index in [-0.39, 0.29) is 11.3 Å². The number of benzene rings is 2. The normalized spacial score (nSPS) is 16.8. The standard InChI is InChI=1S/C21H25NO2S/c1-2-3-5-13-20(23)22-14-15-25-21(22)17-9-8-12-19(16-17)24-18-10-6-4-7-11-18/h4,6-12,16,21H,2-3,5,13-15H2,1H3. The molecule has 1 heterocycles. The van der Waals surface area contributed by atoms with Gasteiger partial charge in [0.25, 0.3) is 0 Å².